The van der Waals surface area contributed by atoms with Gasteiger partial charge >= 0.3 is 0 Å². The number of rotatable bonds is 52. The molecule has 9 N–H and O–H groups in total. The maximum atomic E-state index is 13.3. The van der Waals surface area contributed by atoms with Crippen molar-refractivity contribution >= 4 is 5.91 Å². The van der Waals surface area contributed by atoms with Crippen LogP contribution in [-0.2, 0) is 23.7 Å². The van der Waals surface area contributed by atoms with Crippen molar-refractivity contribution in [3.8, 4) is 0 Å². The minimum Gasteiger partial charge on any atom is -0.394 e. The van der Waals surface area contributed by atoms with Crippen LogP contribution in [0, 0.1) is 0 Å². The van der Waals surface area contributed by atoms with Gasteiger partial charge in [0.15, 0.2) is 12.6 Å². The first kappa shape index (κ1) is 72.3. The van der Waals surface area contributed by atoms with Gasteiger partial charge in [0.1, 0.15) is 48.8 Å². The predicted octanol–water partition coefficient (Wildman–Crippen LogP) is 11.8. The monoisotopic (exact) mass is 1110 g/mol. The Labute approximate surface area is 474 Å². The van der Waals surface area contributed by atoms with Gasteiger partial charge in [0.05, 0.1) is 32.0 Å². The number of aliphatic hydroxyl groups is 8. The minimum absolute atomic E-state index is 0.222. The maximum absolute atomic E-state index is 13.3. The molecule has 12 unspecified atom stereocenters. The van der Waals surface area contributed by atoms with E-state index >= 15 is 0 Å². The van der Waals surface area contributed by atoms with Crippen molar-refractivity contribution in [1.29, 1.82) is 0 Å². The van der Waals surface area contributed by atoms with Crippen LogP contribution in [0.5, 0.6) is 0 Å². The molecule has 0 aromatic carbocycles. The van der Waals surface area contributed by atoms with Crippen LogP contribution in [0.3, 0.4) is 0 Å². The Morgan fingerprint density at radius 1 is 0.474 bits per heavy atom. The highest BCUT2D eigenvalue weighted by atomic mass is 16.7. The van der Waals surface area contributed by atoms with E-state index in [2.05, 4.69) is 55.6 Å². The van der Waals surface area contributed by atoms with E-state index in [1.807, 2.05) is 0 Å². The SMILES string of the molecule is CC/C=C\C/C=C\C/C=C\CCCCCCCC(=O)NC(COC1OC(CO)C(OC2OC(CO)C(O)C(O)C2O)C(O)C1O)C(O)CCCCCCCCCCCCCCCCCCCCCCCCCCCCCCC. The third-order valence-electron chi connectivity index (χ3n) is 15.9. The third-order valence-corrected chi connectivity index (χ3v) is 15.9. The van der Waals surface area contributed by atoms with Crippen molar-refractivity contribution in [3.63, 3.8) is 0 Å². The summed E-state index contributed by atoms with van der Waals surface area (Å²) in [4.78, 5) is 13.3. The van der Waals surface area contributed by atoms with Gasteiger partial charge in [-0.1, -0.05) is 256 Å². The smallest absolute Gasteiger partial charge is 0.220 e. The molecular formula is C64H119NO13. The topological polar surface area (TPSA) is 228 Å². The van der Waals surface area contributed by atoms with Gasteiger partial charge in [-0.25, -0.2) is 0 Å². The molecule has 458 valence electrons. The van der Waals surface area contributed by atoms with Crippen LogP contribution in [0.25, 0.3) is 0 Å². The molecule has 0 spiro atoms. The molecule has 12 atom stereocenters. The van der Waals surface area contributed by atoms with Crippen LogP contribution in [0.15, 0.2) is 36.5 Å². The summed E-state index contributed by atoms with van der Waals surface area (Å²) in [6, 6.07) is -0.839. The summed E-state index contributed by atoms with van der Waals surface area (Å²) in [5.41, 5.74) is 0. The lowest BCUT2D eigenvalue weighted by atomic mass is 9.97. The van der Waals surface area contributed by atoms with E-state index in [9.17, 15) is 45.6 Å². The Balaban J connectivity index is 1.67. The summed E-state index contributed by atoms with van der Waals surface area (Å²) >= 11 is 0. The number of nitrogens with one attached hydrogen (secondary N) is 1. The van der Waals surface area contributed by atoms with Gasteiger partial charge in [0.2, 0.25) is 5.91 Å². The number of hydrogen-bond donors (Lipinski definition) is 9. The molecule has 2 fully saturated rings. The van der Waals surface area contributed by atoms with Crippen molar-refractivity contribution in [2.24, 2.45) is 0 Å². The minimum atomic E-state index is -1.78. The molecule has 2 rings (SSSR count). The van der Waals surface area contributed by atoms with E-state index < -0.39 is 86.8 Å². The summed E-state index contributed by atoms with van der Waals surface area (Å²) < 4.78 is 22.8. The number of allylic oxidation sites excluding steroid dienone is 6. The van der Waals surface area contributed by atoms with Crippen molar-refractivity contribution < 1.29 is 64.6 Å². The van der Waals surface area contributed by atoms with Crippen molar-refractivity contribution in [2.45, 2.75) is 344 Å². The first-order valence-corrected chi connectivity index (χ1v) is 32.2. The molecule has 0 aromatic rings. The summed E-state index contributed by atoms with van der Waals surface area (Å²) in [6.45, 7) is 2.76. The van der Waals surface area contributed by atoms with E-state index in [4.69, 9.17) is 18.9 Å². The lowest BCUT2D eigenvalue weighted by Crippen LogP contribution is -2.65. The number of aliphatic hydroxyl groups excluding tert-OH is 8. The van der Waals surface area contributed by atoms with Crippen LogP contribution >= 0.6 is 0 Å². The first-order chi connectivity index (χ1) is 38.1. The van der Waals surface area contributed by atoms with Crippen LogP contribution < -0.4 is 5.32 Å². The highest BCUT2D eigenvalue weighted by molar-refractivity contribution is 5.76. The predicted molar refractivity (Wildman–Crippen MR) is 314 cm³/mol. The molecule has 78 heavy (non-hydrogen) atoms. The van der Waals surface area contributed by atoms with Crippen molar-refractivity contribution in [3.05, 3.63) is 36.5 Å². The van der Waals surface area contributed by atoms with Gasteiger partial charge in [0.25, 0.3) is 0 Å². The molecule has 0 aliphatic carbocycles. The van der Waals surface area contributed by atoms with Crippen LogP contribution in [0.1, 0.15) is 271 Å². The lowest BCUT2D eigenvalue weighted by molar-refractivity contribution is -0.359. The van der Waals surface area contributed by atoms with E-state index in [-0.39, 0.29) is 18.9 Å². The second-order valence-electron chi connectivity index (χ2n) is 22.9. The molecule has 1 amide bonds. The molecule has 0 radical (unpaired) electrons. The van der Waals surface area contributed by atoms with Crippen LogP contribution in [0.2, 0.25) is 0 Å². The van der Waals surface area contributed by atoms with Crippen LogP contribution in [-0.4, -0.2) is 140 Å². The van der Waals surface area contributed by atoms with E-state index in [0.29, 0.717) is 12.8 Å². The molecule has 2 saturated heterocycles. The highest BCUT2D eigenvalue weighted by Gasteiger charge is 2.51. The largest absolute Gasteiger partial charge is 0.394 e. The zero-order valence-corrected chi connectivity index (χ0v) is 49.4. The second-order valence-corrected chi connectivity index (χ2v) is 22.9. The fraction of sp³-hybridized carbons (Fsp3) is 0.891. The number of carbonyl (C=O) groups is 1. The molecule has 2 heterocycles. The zero-order chi connectivity index (χ0) is 56.7. The molecule has 14 nitrogen and oxygen atoms in total. The Kier molecular flexibility index (Phi) is 46.2. The Hall–Kier alpha value is -1.79. The van der Waals surface area contributed by atoms with Gasteiger partial charge in [-0.15, -0.1) is 0 Å². The van der Waals surface area contributed by atoms with E-state index in [1.165, 1.54) is 161 Å². The molecule has 2 aliphatic heterocycles. The summed E-state index contributed by atoms with van der Waals surface area (Å²) in [7, 11) is 0. The molecule has 0 bridgehead atoms. The Morgan fingerprint density at radius 3 is 1.36 bits per heavy atom. The number of carbonyl (C=O) groups excluding carboxylic acids is 1. The first-order valence-electron chi connectivity index (χ1n) is 32.2. The van der Waals surface area contributed by atoms with Gasteiger partial charge in [-0.3, -0.25) is 4.79 Å². The molecule has 2 aliphatic rings. The van der Waals surface area contributed by atoms with Crippen molar-refractivity contribution in [2.75, 3.05) is 19.8 Å². The number of amides is 1. The molecule has 14 heteroatoms. The average molecular weight is 1110 g/mol. The summed E-state index contributed by atoms with van der Waals surface area (Å²) in [6.07, 6.45) is 44.5. The quantitative estimate of drug-likeness (QED) is 0.0204. The zero-order valence-electron chi connectivity index (χ0n) is 49.4. The Morgan fingerprint density at radius 2 is 0.885 bits per heavy atom. The second kappa shape index (κ2) is 49.8. The average Bonchev–Trinajstić information content (AvgIpc) is 3.48. The summed E-state index contributed by atoms with van der Waals surface area (Å²) in [5, 5.41) is 87.3. The van der Waals surface area contributed by atoms with Gasteiger partial charge in [0, 0.05) is 6.42 Å². The Bertz CT molecular complexity index is 1450. The van der Waals surface area contributed by atoms with E-state index in [1.54, 1.807) is 0 Å². The molecule has 0 saturated carbocycles. The fourth-order valence-corrected chi connectivity index (χ4v) is 10.7. The lowest BCUT2D eigenvalue weighted by Gasteiger charge is -2.46. The number of ether oxygens (including phenoxy) is 4. The van der Waals surface area contributed by atoms with Gasteiger partial charge < -0.3 is 65.1 Å². The van der Waals surface area contributed by atoms with Gasteiger partial charge in [-0.05, 0) is 44.9 Å². The van der Waals surface area contributed by atoms with Crippen molar-refractivity contribution in [1.82, 2.24) is 5.32 Å². The summed E-state index contributed by atoms with van der Waals surface area (Å²) in [5.74, 6) is -0.222. The fourth-order valence-electron chi connectivity index (χ4n) is 10.7. The third kappa shape index (κ3) is 34.6. The number of hydrogen-bond acceptors (Lipinski definition) is 13. The molecule has 0 aromatic heterocycles. The van der Waals surface area contributed by atoms with E-state index in [0.717, 1.165) is 77.0 Å². The van der Waals surface area contributed by atoms with Crippen LogP contribution in [0.4, 0.5) is 0 Å². The molecular weight excluding hydrogens is 991 g/mol. The maximum Gasteiger partial charge on any atom is 0.220 e. The standard InChI is InChI=1S/C64H119NO13/c1-3-5-7-9-11-13-15-17-19-20-21-22-23-24-25-26-27-28-29-30-31-32-34-35-37-39-41-43-45-47-53(68)52(65-56(69)48-46-44-42-40-38-36-33-18-16-14-12-10-8-6-4-2)51-75-63-61(74)59(72)62(55(50-67)77-63)78-64-60(73)58(71)57(70)54(49-66)76-64/h6,8,12,14,18,33,52-55,57-64,66-68,70-74H,3-5,7,9-11,13,15-17,19-32,34-51H2,1-2H3,(H,65,69)/b8-6-,14-12-,33-18-. The number of unbranched alkanes of at least 4 members (excludes halogenated alkanes) is 33. The van der Waals surface area contributed by atoms with Gasteiger partial charge in [-0.2, -0.15) is 0 Å². The highest BCUT2D eigenvalue weighted by Crippen LogP contribution is 2.30. The normalized spacial score (nSPS) is 24.7.